The summed E-state index contributed by atoms with van der Waals surface area (Å²) in [7, 11) is 2.93. The number of methoxy groups -OCH3 is 1. The van der Waals surface area contributed by atoms with Gasteiger partial charge in [-0.05, 0) is 49.7 Å². The maximum Gasteiger partial charge on any atom is 0.281 e. The number of nitrogens with zero attached hydrogens (tertiary/aromatic N) is 3. The van der Waals surface area contributed by atoms with E-state index < -0.39 is 63.7 Å². The number of aromatic nitrogens is 2. The van der Waals surface area contributed by atoms with Crippen LogP contribution >= 0.6 is 0 Å². The molecule has 5 rings (SSSR count). The number of hydrogen-bond donors (Lipinski definition) is 3. The van der Waals surface area contributed by atoms with E-state index in [0.29, 0.717) is 11.1 Å². The SMILES string of the molecule is CNN1/C=C(/c2cccnc2OC)c2cc(F)ccc2-c2nc3c(c(C(C)(C)O)c2F)C(F)(F)C(C)[C@@]3(O)C1. The fraction of sp³-hybridized carbons (Fsp3) is 0.357. The van der Waals surface area contributed by atoms with Crippen LogP contribution < -0.4 is 10.2 Å². The second-order valence-electron chi connectivity index (χ2n) is 10.3. The molecule has 0 amide bonds. The minimum atomic E-state index is -3.73. The molecule has 1 unspecified atom stereocenters. The summed E-state index contributed by atoms with van der Waals surface area (Å²) < 4.78 is 68.3. The third kappa shape index (κ3) is 3.98. The molecule has 11 heteroatoms. The van der Waals surface area contributed by atoms with Crippen molar-refractivity contribution in [1.29, 1.82) is 0 Å². The van der Waals surface area contributed by atoms with Crippen molar-refractivity contribution in [1.82, 2.24) is 20.4 Å². The van der Waals surface area contributed by atoms with E-state index in [-0.39, 0.29) is 17.0 Å². The molecule has 1 aromatic carbocycles. The first-order valence-electron chi connectivity index (χ1n) is 12.3. The van der Waals surface area contributed by atoms with Crippen LogP contribution in [0.4, 0.5) is 17.6 Å². The summed E-state index contributed by atoms with van der Waals surface area (Å²) in [5.74, 6) is -7.13. The molecule has 0 radical (unpaired) electrons. The first-order chi connectivity index (χ1) is 18.3. The van der Waals surface area contributed by atoms with Crippen LogP contribution in [0.5, 0.6) is 5.88 Å². The van der Waals surface area contributed by atoms with Gasteiger partial charge in [-0.1, -0.05) is 6.92 Å². The molecule has 2 atom stereocenters. The lowest BCUT2D eigenvalue weighted by molar-refractivity contribution is -0.139. The average molecular weight is 545 g/mol. The normalized spacial score (nSPS) is 23.2. The Balaban J connectivity index is 1.98. The van der Waals surface area contributed by atoms with Gasteiger partial charge in [-0.15, -0.1) is 0 Å². The highest BCUT2D eigenvalue weighted by Gasteiger charge is 2.64. The van der Waals surface area contributed by atoms with Crippen LogP contribution in [0.2, 0.25) is 0 Å². The van der Waals surface area contributed by atoms with E-state index in [9.17, 15) is 14.6 Å². The molecule has 1 aliphatic carbocycles. The van der Waals surface area contributed by atoms with E-state index in [1.807, 2.05) is 0 Å². The number of hydrogen-bond acceptors (Lipinski definition) is 7. The predicted molar refractivity (Wildman–Crippen MR) is 135 cm³/mol. The Morgan fingerprint density at radius 1 is 1.15 bits per heavy atom. The molecule has 1 aliphatic heterocycles. The Morgan fingerprint density at radius 2 is 1.87 bits per heavy atom. The monoisotopic (exact) mass is 544 g/mol. The summed E-state index contributed by atoms with van der Waals surface area (Å²) in [6, 6.07) is 6.85. The molecular formula is C28H28F4N4O3. The molecule has 39 heavy (non-hydrogen) atoms. The van der Waals surface area contributed by atoms with Crippen LogP contribution in [0.3, 0.4) is 0 Å². The minimum Gasteiger partial charge on any atom is -0.481 e. The van der Waals surface area contributed by atoms with Gasteiger partial charge in [0.25, 0.3) is 5.92 Å². The molecule has 0 saturated carbocycles. The molecule has 7 nitrogen and oxygen atoms in total. The number of hydrazine groups is 1. The van der Waals surface area contributed by atoms with Crippen LogP contribution in [0, 0.1) is 17.6 Å². The lowest BCUT2D eigenvalue weighted by atomic mass is 9.86. The summed E-state index contributed by atoms with van der Waals surface area (Å²) >= 11 is 0. The van der Waals surface area contributed by atoms with Crippen LogP contribution in [-0.4, -0.2) is 45.9 Å². The van der Waals surface area contributed by atoms with Gasteiger partial charge in [-0.2, -0.15) is 0 Å². The standard InChI is InChI=1S/C28H28F4N4O3/c1-14-27(38)13-36(33-4)12-19(17-7-6-10-34-25(17)39-5)18-11-15(29)8-9-16(18)23-22(30)20(26(2,3)37)21(24(27)35-23)28(14,31)32/h6-12,14,33,37-38H,13H2,1-5H3/b19-12-/t14?,27-/m0/s1. The van der Waals surface area contributed by atoms with Gasteiger partial charge in [0.2, 0.25) is 5.88 Å². The number of pyridine rings is 2. The zero-order valence-electron chi connectivity index (χ0n) is 22.0. The maximum absolute atomic E-state index is 16.4. The Labute approximate surface area is 222 Å². The molecule has 2 aliphatic rings. The van der Waals surface area contributed by atoms with Gasteiger partial charge < -0.3 is 20.0 Å². The number of nitrogens with one attached hydrogen (secondary N) is 1. The lowest BCUT2D eigenvalue weighted by Crippen LogP contribution is -2.47. The molecule has 0 spiro atoms. The van der Waals surface area contributed by atoms with Gasteiger partial charge in [0.15, 0.2) is 5.82 Å². The second kappa shape index (κ2) is 9.00. The van der Waals surface area contributed by atoms with E-state index in [0.717, 1.165) is 13.0 Å². The van der Waals surface area contributed by atoms with Gasteiger partial charge in [0.05, 0.1) is 36.4 Å². The minimum absolute atomic E-state index is 0.0579. The van der Waals surface area contributed by atoms with Gasteiger partial charge >= 0.3 is 0 Å². The summed E-state index contributed by atoms with van der Waals surface area (Å²) in [4.78, 5) is 8.53. The van der Waals surface area contributed by atoms with Crippen LogP contribution in [0.25, 0.3) is 16.8 Å². The molecule has 206 valence electrons. The zero-order valence-corrected chi connectivity index (χ0v) is 22.0. The number of halogens is 4. The molecule has 0 fully saturated rings. The summed E-state index contributed by atoms with van der Waals surface area (Å²) in [5, 5.41) is 24.2. The Bertz CT molecular complexity index is 1500. The number of aliphatic hydroxyl groups is 2. The fourth-order valence-electron chi connectivity index (χ4n) is 5.48. The molecular weight excluding hydrogens is 516 g/mol. The van der Waals surface area contributed by atoms with Crippen LogP contribution in [-0.2, 0) is 17.1 Å². The van der Waals surface area contributed by atoms with Crippen molar-refractivity contribution in [2.75, 3.05) is 20.7 Å². The van der Waals surface area contributed by atoms with E-state index >= 15 is 13.2 Å². The Kier molecular flexibility index (Phi) is 6.24. The van der Waals surface area contributed by atoms with Gasteiger partial charge in [-0.25, -0.2) is 33.0 Å². The van der Waals surface area contributed by atoms with Crippen molar-refractivity contribution in [2.45, 2.75) is 37.9 Å². The van der Waals surface area contributed by atoms with Crippen molar-refractivity contribution in [3.63, 3.8) is 0 Å². The van der Waals surface area contributed by atoms with Gasteiger partial charge in [0, 0.05) is 41.7 Å². The number of β-amino-alcohol motifs (C(OH)–C–C–N with tert-alkyl or cyclic N) is 1. The Morgan fingerprint density at radius 3 is 2.51 bits per heavy atom. The predicted octanol–water partition coefficient (Wildman–Crippen LogP) is 4.43. The summed E-state index contributed by atoms with van der Waals surface area (Å²) in [6.07, 6.45) is 3.00. The van der Waals surface area contributed by atoms with Crippen LogP contribution in [0.1, 0.15) is 48.7 Å². The van der Waals surface area contributed by atoms with E-state index in [4.69, 9.17) is 4.74 Å². The smallest absolute Gasteiger partial charge is 0.281 e. The first-order valence-corrected chi connectivity index (χ1v) is 12.3. The van der Waals surface area contributed by atoms with E-state index in [1.165, 1.54) is 57.5 Å². The van der Waals surface area contributed by atoms with Gasteiger partial charge in [-0.3, -0.25) is 0 Å². The lowest BCUT2D eigenvalue weighted by Gasteiger charge is -2.35. The van der Waals surface area contributed by atoms with Crippen molar-refractivity contribution in [3.05, 3.63) is 82.3 Å². The number of rotatable bonds is 4. The highest BCUT2D eigenvalue weighted by atomic mass is 19.3. The third-order valence-electron chi connectivity index (χ3n) is 7.52. The molecule has 2 bridgehead atoms. The van der Waals surface area contributed by atoms with Crippen LogP contribution in [0.15, 0.2) is 42.7 Å². The van der Waals surface area contributed by atoms with Crippen molar-refractivity contribution in [3.8, 4) is 17.1 Å². The summed E-state index contributed by atoms with van der Waals surface area (Å²) in [6.45, 7) is 3.10. The van der Waals surface area contributed by atoms with E-state index in [2.05, 4.69) is 15.4 Å². The Hall–Kier alpha value is -3.54. The second-order valence-corrected chi connectivity index (χ2v) is 10.3. The highest BCUT2D eigenvalue weighted by Crippen LogP contribution is 2.58. The first kappa shape index (κ1) is 27.0. The largest absolute Gasteiger partial charge is 0.481 e. The van der Waals surface area contributed by atoms with Crippen molar-refractivity contribution in [2.24, 2.45) is 5.92 Å². The molecule has 3 N–H and O–H groups in total. The van der Waals surface area contributed by atoms with E-state index in [1.54, 1.807) is 12.1 Å². The quantitative estimate of drug-likeness (QED) is 0.419. The fourth-order valence-corrected chi connectivity index (χ4v) is 5.48. The van der Waals surface area contributed by atoms with Crippen molar-refractivity contribution < 1.29 is 32.5 Å². The summed E-state index contributed by atoms with van der Waals surface area (Å²) in [5.41, 5.74) is -2.93. The molecule has 3 heterocycles. The van der Waals surface area contributed by atoms with Crippen molar-refractivity contribution >= 4 is 5.57 Å². The molecule has 0 saturated heterocycles. The zero-order chi connectivity index (χ0) is 28.5. The average Bonchev–Trinajstić information content (AvgIpc) is 3.02. The maximum atomic E-state index is 16.4. The number of ether oxygens (including phenoxy) is 1. The number of benzene rings is 1. The number of fused-ring (bicyclic) bond motifs is 3. The number of alkyl halides is 2. The third-order valence-corrected chi connectivity index (χ3v) is 7.52. The molecule has 3 aromatic rings. The topological polar surface area (TPSA) is 90.7 Å². The van der Waals surface area contributed by atoms with Gasteiger partial charge in [0.1, 0.15) is 17.1 Å². The molecule has 2 aromatic heterocycles. The highest BCUT2D eigenvalue weighted by molar-refractivity contribution is 5.89.